The van der Waals surface area contributed by atoms with Crippen LogP contribution in [0, 0.1) is 0 Å². The second-order valence-electron chi connectivity index (χ2n) is 4.01. The Hall–Kier alpha value is -2.13. The molecule has 0 fully saturated rings. The van der Waals surface area contributed by atoms with Crippen LogP contribution >= 0.6 is 0 Å². The van der Waals surface area contributed by atoms with Crippen LogP contribution < -0.4 is 5.48 Å². The fraction of sp³-hybridized carbons (Fsp3) is 0.133. The van der Waals surface area contributed by atoms with Crippen molar-refractivity contribution in [3.63, 3.8) is 0 Å². The Kier molecular flexibility index (Phi) is 4.10. The third-order valence-electron chi connectivity index (χ3n) is 2.64. The number of benzene rings is 2. The number of nitrogens with one attached hydrogen (secondary N) is 1. The summed E-state index contributed by atoms with van der Waals surface area (Å²) in [5.74, 6) is -0.376. The van der Waals surface area contributed by atoms with E-state index in [4.69, 9.17) is 4.84 Å². The normalized spacial score (nSPS) is 11.8. The number of hydrogen-bond acceptors (Lipinski definition) is 3. The molecule has 3 nitrogen and oxygen atoms in total. The zero-order valence-electron chi connectivity index (χ0n) is 10.2. The summed E-state index contributed by atoms with van der Waals surface area (Å²) in [6.45, 7) is 1.94. The van der Waals surface area contributed by atoms with Crippen molar-refractivity contribution >= 4 is 5.97 Å². The minimum Gasteiger partial charge on any atom is -0.366 e. The predicted octanol–water partition coefficient (Wildman–Crippen LogP) is 3.11. The second-order valence-corrected chi connectivity index (χ2v) is 4.01. The monoisotopic (exact) mass is 241 g/mol. The Morgan fingerprint density at radius 2 is 1.56 bits per heavy atom. The van der Waals surface area contributed by atoms with Gasteiger partial charge in [0.05, 0.1) is 11.6 Å². The molecular weight excluding hydrogens is 226 g/mol. The number of carbonyl (C=O) groups excluding carboxylic acids is 1. The van der Waals surface area contributed by atoms with Gasteiger partial charge in [0.15, 0.2) is 0 Å². The molecule has 1 atom stereocenters. The zero-order valence-corrected chi connectivity index (χ0v) is 10.2. The van der Waals surface area contributed by atoms with Gasteiger partial charge in [0.2, 0.25) is 0 Å². The third-order valence-corrected chi connectivity index (χ3v) is 2.64. The van der Waals surface area contributed by atoms with Crippen LogP contribution in [0.4, 0.5) is 0 Å². The minimum absolute atomic E-state index is 0.0427. The molecule has 0 heterocycles. The molecule has 92 valence electrons. The van der Waals surface area contributed by atoms with Crippen molar-refractivity contribution in [3.8, 4) is 0 Å². The van der Waals surface area contributed by atoms with Crippen molar-refractivity contribution in [3.05, 3.63) is 71.8 Å². The molecule has 0 bridgehead atoms. The Morgan fingerprint density at radius 1 is 1.00 bits per heavy atom. The van der Waals surface area contributed by atoms with Crippen LogP contribution in [0.1, 0.15) is 28.9 Å². The van der Waals surface area contributed by atoms with E-state index in [1.54, 1.807) is 24.3 Å². The summed E-state index contributed by atoms with van der Waals surface area (Å²) in [5.41, 5.74) is 4.35. The molecule has 0 spiro atoms. The van der Waals surface area contributed by atoms with Gasteiger partial charge in [-0.1, -0.05) is 48.5 Å². The van der Waals surface area contributed by atoms with Crippen molar-refractivity contribution in [1.29, 1.82) is 0 Å². The standard InChI is InChI=1S/C15H15NO2/c1-12(13-8-4-2-5-9-13)16-18-15(17)14-10-6-3-7-11-14/h2-12,16H,1H3. The summed E-state index contributed by atoms with van der Waals surface area (Å²) < 4.78 is 0. The molecular formula is C15H15NO2. The molecule has 0 aliphatic carbocycles. The summed E-state index contributed by atoms with van der Waals surface area (Å²) >= 11 is 0. The lowest BCUT2D eigenvalue weighted by molar-refractivity contribution is 0.0169. The Labute approximate surface area is 106 Å². The lowest BCUT2D eigenvalue weighted by Gasteiger charge is -2.13. The molecule has 2 aromatic carbocycles. The molecule has 0 aromatic heterocycles. The average Bonchev–Trinajstić information content (AvgIpc) is 2.46. The van der Waals surface area contributed by atoms with E-state index < -0.39 is 0 Å². The number of hydroxylamine groups is 1. The van der Waals surface area contributed by atoms with E-state index in [2.05, 4.69) is 5.48 Å². The summed E-state index contributed by atoms with van der Waals surface area (Å²) in [4.78, 5) is 16.8. The fourth-order valence-electron chi connectivity index (χ4n) is 1.58. The lowest BCUT2D eigenvalue weighted by Crippen LogP contribution is -2.23. The molecule has 0 saturated heterocycles. The van der Waals surface area contributed by atoms with Gasteiger partial charge in [-0.3, -0.25) is 0 Å². The first kappa shape index (κ1) is 12.3. The van der Waals surface area contributed by atoms with Gasteiger partial charge in [0.1, 0.15) is 0 Å². The number of rotatable bonds is 4. The van der Waals surface area contributed by atoms with Crippen LogP contribution in [0.25, 0.3) is 0 Å². The first-order valence-electron chi connectivity index (χ1n) is 5.84. The van der Waals surface area contributed by atoms with Gasteiger partial charge in [-0.05, 0) is 24.6 Å². The average molecular weight is 241 g/mol. The first-order valence-corrected chi connectivity index (χ1v) is 5.84. The number of carbonyl (C=O) groups is 1. The van der Waals surface area contributed by atoms with E-state index in [0.717, 1.165) is 5.56 Å². The van der Waals surface area contributed by atoms with Gasteiger partial charge in [-0.25, -0.2) is 4.79 Å². The number of hydrogen-bond donors (Lipinski definition) is 1. The van der Waals surface area contributed by atoms with Crippen LogP contribution in [0.3, 0.4) is 0 Å². The zero-order chi connectivity index (χ0) is 12.8. The van der Waals surface area contributed by atoms with E-state index in [-0.39, 0.29) is 12.0 Å². The molecule has 0 saturated carbocycles. The minimum atomic E-state index is -0.376. The molecule has 0 aliphatic rings. The van der Waals surface area contributed by atoms with Crippen molar-refractivity contribution in [2.24, 2.45) is 0 Å². The smallest absolute Gasteiger partial charge is 0.356 e. The highest BCUT2D eigenvalue weighted by molar-refractivity contribution is 5.89. The van der Waals surface area contributed by atoms with Crippen molar-refractivity contribution in [1.82, 2.24) is 5.48 Å². The summed E-state index contributed by atoms with van der Waals surface area (Å²) in [7, 11) is 0. The van der Waals surface area contributed by atoms with Gasteiger partial charge in [0.25, 0.3) is 0 Å². The molecule has 1 N–H and O–H groups in total. The summed E-state index contributed by atoms with van der Waals surface area (Å²) in [6, 6.07) is 18.7. The van der Waals surface area contributed by atoms with Gasteiger partial charge in [-0.2, -0.15) is 0 Å². The third kappa shape index (κ3) is 3.18. The molecule has 0 radical (unpaired) electrons. The fourth-order valence-corrected chi connectivity index (χ4v) is 1.58. The van der Waals surface area contributed by atoms with Gasteiger partial charge in [-0.15, -0.1) is 5.48 Å². The van der Waals surface area contributed by atoms with E-state index in [0.29, 0.717) is 5.56 Å². The van der Waals surface area contributed by atoms with Crippen LogP contribution in [0.2, 0.25) is 0 Å². The van der Waals surface area contributed by atoms with Gasteiger partial charge < -0.3 is 4.84 Å². The molecule has 0 amide bonds. The largest absolute Gasteiger partial charge is 0.366 e. The van der Waals surface area contributed by atoms with Crippen molar-refractivity contribution in [2.75, 3.05) is 0 Å². The maximum atomic E-state index is 11.7. The first-order chi connectivity index (χ1) is 8.77. The van der Waals surface area contributed by atoms with Crippen LogP contribution in [-0.2, 0) is 4.84 Å². The highest BCUT2D eigenvalue weighted by Gasteiger charge is 2.09. The highest BCUT2D eigenvalue weighted by atomic mass is 16.7. The Morgan fingerprint density at radius 3 is 2.17 bits per heavy atom. The molecule has 18 heavy (non-hydrogen) atoms. The topological polar surface area (TPSA) is 38.3 Å². The molecule has 1 unspecified atom stereocenters. The molecule has 0 aliphatic heterocycles. The van der Waals surface area contributed by atoms with E-state index in [9.17, 15) is 4.79 Å². The molecule has 2 aromatic rings. The van der Waals surface area contributed by atoms with Crippen LogP contribution in [0.15, 0.2) is 60.7 Å². The predicted molar refractivity (Wildman–Crippen MR) is 69.9 cm³/mol. The summed E-state index contributed by atoms with van der Waals surface area (Å²) in [6.07, 6.45) is 0. The highest BCUT2D eigenvalue weighted by Crippen LogP contribution is 2.11. The quantitative estimate of drug-likeness (QED) is 0.836. The van der Waals surface area contributed by atoms with E-state index in [1.165, 1.54) is 0 Å². The van der Waals surface area contributed by atoms with Crippen molar-refractivity contribution < 1.29 is 9.63 Å². The molecule has 3 heteroatoms. The van der Waals surface area contributed by atoms with Crippen LogP contribution in [0.5, 0.6) is 0 Å². The summed E-state index contributed by atoms with van der Waals surface area (Å²) in [5, 5.41) is 0. The van der Waals surface area contributed by atoms with E-state index in [1.807, 2.05) is 43.3 Å². The van der Waals surface area contributed by atoms with E-state index >= 15 is 0 Å². The Bertz CT molecular complexity index is 496. The van der Waals surface area contributed by atoms with Gasteiger partial charge >= 0.3 is 5.97 Å². The maximum absolute atomic E-state index is 11.7. The maximum Gasteiger partial charge on any atom is 0.356 e. The second kappa shape index (κ2) is 5.98. The Balaban J connectivity index is 1.91. The van der Waals surface area contributed by atoms with Crippen LogP contribution in [-0.4, -0.2) is 5.97 Å². The SMILES string of the molecule is CC(NOC(=O)c1ccccc1)c1ccccc1. The lowest BCUT2D eigenvalue weighted by atomic mass is 10.1. The molecule has 2 rings (SSSR count). The van der Waals surface area contributed by atoms with Gasteiger partial charge in [0, 0.05) is 0 Å². The van der Waals surface area contributed by atoms with Crippen molar-refractivity contribution in [2.45, 2.75) is 13.0 Å².